The van der Waals surface area contributed by atoms with Crippen LogP contribution < -0.4 is 4.74 Å². The van der Waals surface area contributed by atoms with E-state index in [0.717, 1.165) is 17.7 Å². The van der Waals surface area contributed by atoms with Gasteiger partial charge in [0, 0.05) is 19.6 Å². The first-order valence-corrected chi connectivity index (χ1v) is 7.72. The Balaban J connectivity index is 1.84. The normalized spacial score (nSPS) is 18.4. The molecule has 0 bridgehead atoms. The van der Waals surface area contributed by atoms with E-state index >= 15 is 0 Å². The number of benzene rings is 1. The first-order chi connectivity index (χ1) is 10.4. The van der Waals surface area contributed by atoms with Gasteiger partial charge in [-0.25, -0.2) is 4.79 Å². The number of amides is 1. The lowest BCUT2D eigenvalue weighted by Gasteiger charge is -2.24. The maximum atomic E-state index is 12.0. The van der Waals surface area contributed by atoms with Gasteiger partial charge in [-0.1, -0.05) is 12.1 Å². The number of hydrogen-bond donors (Lipinski definition) is 1. The molecule has 1 aromatic carbocycles. The lowest BCUT2D eigenvalue weighted by Crippen LogP contribution is -2.36. The molecule has 5 heteroatoms. The molecule has 1 unspecified atom stereocenters. The molecule has 22 heavy (non-hydrogen) atoms. The van der Waals surface area contributed by atoms with Gasteiger partial charge in [0.15, 0.2) is 0 Å². The summed E-state index contributed by atoms with van der Waals surface area (Å²) in [5.41, 5.74) is 0.607. The van der Waals surface area contributed by atoms with Crippen LogP contribution in [0.3, 0.4) is 0 Å². The molecule has 5 nitrogen and oxygen atoms in total. The quantitative estimate of drug-likeness (QED) is 0.929. The molecule has 1 aromatic rings. The smallest absolute Gasteiger partial charge is 0.410 e. The molecule has 1 aliphatic rings. The number of nitrogens with zero attached hydrogens (tertiary/aromatic N) is 1. The van der Waals surface area contributed by atoms with Crippen LogP contribution in [0.15, 0.2) is 24.3 Å². The van der Waals surface area contributed by atoms with Crippen LogP contribution in [0.1, 0.15) is 32.8 Å². The summed E-state index contributed by atoms with van der Waals surface area (Å²) in [7, 11) is 0. The van der Waals surface area contributed by atoms with Gasteiger partial charge in [-0.05, 0) is 44.9 Å². The lowest BCUT2D eigenvalue weighted by molar-refractivity contribution is 0.0275. The minimum Gasteiger partial charge on any atom is -0.489 e. The third kappa shape index (κ3) is 4.91. The minimum absolute atomic E-state index is 0.00351. The fourth-order valence-corrected chi connectivity index (χ4v) is 2.37. The zero-order valence-electron chi connectivity index (χ0n) is 13.5. The maximum Gasteiger partial charge on any atom is 0.410 e. The summed E-state index contributed by atoms with van der Waals surface area (Å²) in [6.07, 6.45) is 1.17. The van der Waals surface area contributed by atoms with Gasteiger partial charge in [0.25, 0.3) is 0 Å². The standard InChI is InChI=1S/C17H25NO4/c1-17(2,3)22-16(20)18-10-8-15(12-18)21-14-6-4-13(5-7-14)9-11-19/h4-7,15,19H,8-12H2,1-3H3. The van der Waals surface area contributed by atoms with E-state index in [1.165, 1.54) is 0 Å². The fraction of sp³-hybridized carbons (Fsp3) is 0.588. The van der Waals surface area contributed by atoms with Crippen molar-refractivity contribution in [1.82, 2.24) is 4.90 Å². The van der Waals surface area contributed by atoms with Gasteiger partial charge in [-0.15, -0.1) is 0 Å². The summed E-state index contributed by atoms with van der Waals surface area (Å²) in [4.78, 5) is 13.7. The van der Waals surface area contributed by atoms with Crippen molar-refractivity contribution in [3.05, 3.63) is 29.8 Å². The van der Waals surface area contributed by atoms with Crippen LogP contribution in [-0.2, 0) is 11.2 Å². The summed E-state index contributed by atoms with van der Waals surface area (Å²) in [6.45, 7) is 6.94. The van der Waals surface area contributed by atoms with Crippen LogP contribution in [-0.4, -0.2) is 47.5 Å². The van der Waals surface area contributed by atoms with Crippen molar-refractivity contribution in [1.29, 1.82) is 0 Å². The molecule has 0 spiro atoms. The number of ether oxygens (including phenoxy) is 2. The van der Waals surface area contributed by atoms with Gasteiger partial charge in [-0.2, -0.15) is 0 Å². The first kappa shape index (κ1) is 16.6. The molecule has 1 fully saturated rings. The zero-order chi connectivity index (χ0) is 16.2. The lowest BCUT2D eigenvalue weighted by atomic mass is 10.1. The van der Waals surface area contributed by atoms with Crippen molar-refractivity contribution in [2.75, 3.05) is 19.7 Å². The van der Waals surface area contributed by atoms with Crippen LogP contribution >= 0.6 is 0 Å². The summed E-state index contributed by atoms with van der Waals surface area (Å²) < 4.78 is 11.3. The van der Waals surface area contributed by atoms with Crippen molar-refractivity contribution < 1.29 is 19.4 Å². The molecule has 0 aliphatic carbocycles. The van der Waals surface area contributed by atoms with E-state index in [2.05, 4.69) is 0 Å². The van der Waals surface area contributed by atoms with Crippen LogP contribution in [0.2, 0.25) is 0 Å². The molecule has 1 heterocycles. The summed E-state index contributed by atoms with van der Waals surface area (Å²) in [5.74, 6) is 0.790. The maximum absolute atomic E-state index is 12.0. The van der Waals surface area contributed by atoms with Crippen LogP contribution in [0.25, 0.3) is 0 Å². The van der Waals surface area contributed by atoms with E-state index in [0.29, 0.717) is 19.5 Å². The highest BCUT2D eigenvalue weighted by molar-refractivity contribution is 5.68. The Morgan fingerprint density at radius 3 is 2.59 bits per heavy atom. The number of aliphatic hydroxyl groups is 1. The summed E-state index contributed by atoms with van der Waals surface area (Å²) in [5, 5.41) is 8.90. The zero-order valence-corrected chi connectivity index (χ0v) is 13.5. The van der Waals surface area contributed by atoms with E-state index in [9.17, 15) is 4.79 Å². The highest BCUT2D eigenvalue weighted by Crippen LogP contribution is 2.21. The molecule has 1 aliphatic heterocycles. The molecule has 1 saturated heterocycles. The molecule has 2 rings (SSSR count). The topological polar surface area (TPSA) is 59.0 Å². The number of carbonyl (C=O) groups excluding carboxylic acids is 1. The molecule has 1 atom stereocenters. The Kier molecular flexibility index (Phi) is 5.29. The van der Waals surface area contributed by atoms with Crippen molar-refractivity contribution in [3.8, 4) is 5.75 Å². The van der Waals surface area contributed by atoms with Gasteiger partial charge in [0.1, 0.15) is 17.5 Å². The van der Waals surface area contributed by atoms with Crippen molar-refractivity contribution in [2.24, 2.45) is 0 Å². The van der Waals surface area contributed by atoms with Gasteiger partial charge in [0.2, 0.25) is 0 Å². The third-order valence-corrected chi connectivity index (χ3v) is 3.42. The molecule has 122 valence electrons. The highest BCUT2D eigenvalue weighted by Gasteiger charge is 2.30. The van der Waals surface area contributed by atoms with Crippen molar-refractivity contribution in [2.45, 2.75) is 45.3 Å². The first-order valence-electron chi connectivity index (χ1n) is 7.72. The molecule has 1 N–H and O–H groups in total. The molecular formula is C17H25NO4. The third-order valence-electron chi connectivity index (χ3n) is 3.42. The molecule has 0 saturated carbocycles. The van der Waals surface area contributed by atoms with Gasteiger partial charge < -0.3 is 19.5 Å². The van der Waals surface area contributed by atoms with E-state index in [1.807, 2.05) is 45.0 Å². The number of rotatable bonds is 4. The van der Waals surface area contributed by atoms with Crippen LogP contribution in [0.4, 0.5) is 4.79 Å². The molecule has 0 radical (unpaired) electrons. The summed E-state index contributed by atoms with van der Waals surface area (Å²) >= 11 is 0. The fourth-order valence-electron chi connectivity index (χ4n) is 2.37. The minimum atomic E-state index is -0.474. The largest absolute Gasteiger partial charge is 0.489 e. The molecule has 1 amide bonds. The Bertz CT molecular complexity index is 492. The van der Waals surface area contributed by atoms with E-state index < -0.39 is 5.60 Å². The second-order valence-corrected chi connectivity index (χ2v) is 6.57. The van der Waals surface area contributed by atoms with Gasteiger partial charge >= 0.3 is 6.09 Å². The summed E-state index contributed by atoms with van der Waals surface area (Å²) in [6, 6.07) is 7.71. The van der Waals surface area contributed by atoms with Crippen molar-refractivity contribution >= 4 is 6.09 Å². The van der Waals surface area contributed by atoms with Gasteiger partial charge in [0.05, 0.1) is 6.54 Å². The average Bonchev–Trinajstić information content (AvgIpc) is 2.88. The van der Waals surface area contributed by atoms with Gasteiger partial charge in [-0.3, -0.25) is 0 Å². The van der Waals surface area contributed by atoms with Crippen LogP contribution in [0.5, 0.6) is 5.75 Å². The number of likely N-dealkylation sites (tertiary alicyclic amines) is 1. The monoisotopic (exact) mass is 307 g/mol. The van der Waals surface area contributed by atoms with E-state index in [-0.39, 0.29) is 18.8 Å². The highest BCUT2D eigenvalue weighted by atomic mass is 16.6. The number of aliphatic hydroxyl groups excluding tert-OH is 1. The average molecular weight is 307 g/mol. The van der Waals surface area contributed by atoms with Crippen molar-refractivity contribution in [3.63, 3.8) is 0 Å². The predicted molar refractivity (Wildman–Crippen MR) is 84.1 cm³/mol. The van der Waals surface area contributed by atoms with E-state index in [4.69, 9.17) is 14.6 Å². The van der Waals surface area contributed by atoms with E-state index in [1.54, 1.807) is 4.90 Å². The van der Waals surface area contributed by atoms with Crippen LogP contribution in [0, 0.1) is 0 Å². The Morgan fingerprint density at radius 1 is 1.32 bits per heavy atom. The Labute approximate surface area is 131 Å². The molecule has 0 aromatic heterocycles. The second-order valence-electron chi connectivity index (χ2n) is 6.57. The molecular weight excluding hydrogens is 282 g/mol. The Morgan fingerprint density at radius 2 is 2.00 bits per heavy atom. The number of hydrogen-bond acceptors (Lipinski definition) is 4. The number of carbonyl (C=O) groups is 1. The SMILES string of the molecule is CC(C)(C)OC(=O)N1CCC(Oc2ccc(CCO)cc2)C1. The predicted octanol–water partition coefficient (Wildman–Crippen LogP) is 2.61. The Hall–Kier alpha value is -1.75. The second kappa shape index (κ2) is 7.01.